The average molecular weight is 861 g/mol. The third kappa shape index (κ3) is 12.4. The van der Waals surface area contributed by atoms with E-state index in [1.807, 2.05) is 76.4 Å². The normalized spacial score (nSPS) is 16.4. The summed E-state index contributed by atoms with van der Waals surface area (Å²) in [6.07, 6.45) is 6.06. The Labute approximate surface area is 429 Å². The number of allylic oxidation sites excluding steroid dienone is 1. The van der Waals surface area contributed by atoms with Gasteiger partial charge in [0.1, 0.15) is 54.6 Å². The van der Waals surface area contributed by atoms with Gasteiger partial charge in [-0.25, -0.2) is 0 Å². The molecule has 0 spiro atoms. The predicted molar refractivity (Wildman–Crippen MR) is 206 cm³/mol. The topological polar surface area (TPSA) is 181 Å². The van der Waals surface area contributed by atoms with E-state index in [2.05, 4.69) is 6.08 Å². The van der Waals surface area contributed by atoms with E-state index in [4.69, 9.17) is 23.7 Å². The fourth-order valence-electron chi connectivity index (χ4n) is 6.88. The molecule has 0 saturated carbocycles. The monoisotopic (exact) mass is 860 g/mol. The molecule has 0 saturated heterocycles. The number of carboxylic acid groups (broad SMARTS) is 3. The average Bonchev–Trinajstić information content (AvgIpc) is 3.16. The van der Waals surface area contributed by atoms with E-state index >= 15 is 0 Å². The SMILES string of the molecule is Cc1ccc2c(c1)OCCOc1cc(C3=C4C=CC([NH+](C)C)C=C4Oc4cc(N(C)C)ccc43)c(OCC(=O)[O-])cc1N(CC(=O)[O-])CCOCCN2CC(=O)[O-].[K+].[K+]. The molecule has 302 valence electrons. The number of benzene rings is 3. The van der Waals surface area contributed by atoms with Gasteiger partial charge in [0, 0.05) is 73.4 Å². The summed E-state index contributed by atoms with van der Waals surface area (Å²) < 4.78 is 31.0. The quantitative estimate of drug-likeness (QED) is 0.190. The number of anilines is 3. The van der Waals surface area contributed by atoms with Crippen molar-refractivity contribution in [2.24, 2.45) is 0 Å². The third-order valence-corrected chi connectivity index (χ3v) is 9.70. The second kappa shape index (κ2) is 22.3. The summed E-state index contributed by atoms with van der Waals surface area (Å²) in [5.41, 5.74) is 5.17. The first kappa shape index (κ1) is 48.7. The largest absolute Gasteiger partial charge is 1.00 e. The summed E-state index contributed by atoms with van der Waals surface area (Å²) in [6.45, 7) is 0.449. The minimum Gasteiger partial charge on any atom is -0.548 e. The maximum absolute atomic E-state index is 12.2. The van der Waals surface area contributed by atoms with Crippen LogP contribution >= 0.6 is 0 Å². The van der Waals surface area contributed by atoms with E-state index in [9.17, 15) is 29.7 Å². The minimum absolute atomic E-state index is 0. The first-order valence-electron chi connectivity index (χ1n) is 18.6. The predicted octanol–water partition coefficient (Wildman–Crippen LogP) is -7.04. The molecule has 0 radical (unpaired) electrons. The van der Waals surface area contributed by atoms with Gasteiger partial charge in [0.05, 0.1) is 69.7 Å². The van der Waals surface area contributed by atoms with Crippen LogP contribution in [0.15, 0.2) is 78.1 Å². The van der Waals surface area contributed by atoms with Gasteiger partial charge in [-0.3, -0.25) is 0 Å². The molecule has 59 heavy (non-hydrogen) atoms. The standard InChI is InChI=1S/C42H48N4O11.2K/c1-26-6-11-32-37(18-26)54-16-17-55-38-21-31(42-29-9-7-27(43(2)3)19-35(29)57-36-20-28(44(4)5)8-10-30(36)42)34(56-25-41(51)52)22-33(38)46(24-40(49)50)13-15-53-14-12-45(32)23-39(47)48;;/h6-11,18-22,27H,12-17,23-25H2,1-5H3,(H,47,48)(H,49,50)(H,51,52);;/q;2*+1/p-2. The molecular weight excluding hydrogens is 815 g/mol. The zero-order valence-electron chi connectivity index (χ0n) is 34.6. The Bertz CT molecular complexity index is 2120. The van der Waals surface area contributed by atoms with Crippen LogP contribution in [0.3, 0.4) is 0 Å². The molecule has 1 N–H and O–H groups in total. The van der Waals surface area contributed by atoms with Gasteiger partial charge >= 0.3 is 103 Å². The van der Waals surface area contributed by atoms with Gasteiger partial charge in [-0.2, -0.15) is 0 Å². The number of nitrogens with one attached hydrogen (secondary N) is 1. The number of hydrogen-bond donors (Lipinski definition) is 1. The number of ether oxygens (including phenoxy) is 5. The Balaban J connectivity index is 0.00000384. The molecule has 1 aliphatic carbocycles. The first-order chi connectivity index (χ1) is 27.3. The Morgan fingerprint density at radius 1 is 0.797 bits per heavy atom. The maximum atomic E-state index is 12.2. The van der Waals surface area contributed by atoms with Crippen LogP contribution in [-0.4, -0.2) is 111 Å². The number of aryl methyl sites for hydroxylation is 1. The van der Waals surface area contributed by atoms with Gasteiger partial charge < -0.3 is 73.0 Å². The van der Waals surface area contributed by atoms with E-state index < -0.39 is 37.6 Å². The van der Waals surface area contributed by atoms with Crippen molar-refractivity contribution in [2.75, 3.05) is 102 Å². The third-order valence-electron chi connectivity index (χ3n) is 9.70. The number of carbonyl (C=O) groups is 3. The zero-order valence-corrected chi connectivity index (χ0v) is 40.9. The minimum atomic E-state index is -1.45. The van der Waals surface area contributed by atoms with Gasteiger partial charge in [-0.05, 0) is 55.0 Å². The Morgan fingerprint density at radius 3 is 2.05 bits per heavy atom. The van der Waals surface area contributed by atoms with Gasteiger partial charge in [-0.15, -0.1) is 0 Å². The van der Waals surface area contributed by atoms with Crippen LogP contribution in [0.2, 0.25) is 0 Å². The van der Waals surface area contributed by atoms with E-state index in [-0.39, 0.29) is 166 Å². The number of hydrogen-bond acceptors (Lipinski definition) is 14. The number of carboxylic acids is 3. The molecule has 0 bridgehead atoms. The van der Waals surface area contributed by atoms with E-state index in [1.165, 1.54) is 4.90 Å². The molecule has 2 aliphatic heterocycles. The van der Waals surface area contributed by atoms with Crippen LogP contribution in [0, 0.1) is 6.92 Å². The van der Waals surface area contributed by atoms with Gasteiger partial charge in [0.2, 0.25) is 0 Å². The number of likely N-dealkylation sites (N-methyl/N-ethyl adjacent to an activating group) is 1. The number of fused-ring (bicyclic) bond motifs is 4. The van der Waals surface area contributed by atoms with Crippen molar-refractivity contribution in [1.29, 1.82) is 0 Å². The van der Waals surface area contributed by atoms with Crippen molar-refractivity contribution in [1.82, 2.24) is 0 Å². The van der Waals surface area contributed by atoms with Gasteiger partial charge in [-0.1, -0.05) is 6.07 Å². The van der Waals surface area contributed by atoms with E-state index in [0.717, 1.165) is 21.7 Å². The van der Waals surface area contributed by atoms with Crippen molar-refractivity contribution in [3.8, 4) is 23.0 Å². The summed E-state index contributed by atoms with van der Waals surface area (Å²) in [7, 11) is 7.93. The van der Waals surface area contributed by atoms with Crippen LogP contribution in [0.25, 0.3) is 5.57 Å². The Morgan fingerprint density at radius 2 is 1.44 bits per heavy atom. The fourth-order valence-corrected chi connectivity index (χ4v) is 6.88. The molecule has 15 nitrogen and oxygen atoms in total. The van der Waals surface area contributed by atoms with Gasteiger partial charge in [0.25, 0.3) is 0 Å². The molecule has 0 aromatic heterocycles. The first-order valence-corrected chi connectivity index (χ1v) is 18.6. The second-order valence-corrected chi connectivity index (χ2v) is 14.3. The number of quaternary nitrogens is 1. The van der Waals surface area contributed by atoms with E-state index in [0.29, 0.717) is 39.6 Å². The van der Waals surface area contributed by atoms with Crippen LogP contribution < -0.4 is 157 Å². The van der Waals surface area contributed by atoms with Crippen molar-refractivity contribution < 1.29 is 161 Å². The zero-order chi connectivity index (χ0) is 40.8. The molecule has 3 aromatic rings. The molecule has 1 unspecified atom stereocenters. The van der Waals surface area contributed by atoms with Crippen LogP contribution in [-0.2, 0) is 19.1 Å². The Hall–Kier alpha value is -2.92. The number of rotatable bonds is 10. The summed E-state index contributed by atoms with van der Waals surface area (Å²) >= 11 is 0. The summed E-state index contributed by atoms with van der Waals surface area (Å²) in [5, 5.41) is 35.7. The maximum Gasteiger partial charge on any atom is 1.00 e. The summed E-state index contributed by atoms with van der Waals surface area (Å²) in [6, 6.07) is 14.5. The van der Waals surface area contributed by atoms with Crippen LogP contribution in [0.1, 0.15) is 16.7 Å². The van der Waals surface area contributed by atoms with Crippen molar-refractivity contribution in [2.45, 2.75) is 13.0 Å². The molecule has 0 amide bonds. The summed E-state index contributed by atoms with van der Waals surface area (Å²) in [5.74, 6) is -2.12. The molecule has 2 heterocycles. The van der Waals surface area contributed by atoms with Crippen LogP contribution in [0.5, 0.6) is 23.0 Å². The molecule has 0 fully saturated rings. The van der Waals surface area contributed by atoms with Crippen LogP contribution in [0.4, 0.5) is 17.1 Å². The smallest absolute Gasteiger partial charge is 0.548 e. The number of aliphatic carboxylic acids is 3. The fraction of sp³-hybridized carbons (Fsp3) is 0.357. The van der Waals surface area contributed by atoms with Gasteiger partial charge in [0.15, 0.2) is 0 Å². The summed E-state index contributed by atoms with van der Waals surface area (Å²) in [4.78, 5) is 41.9. The molecule has 17 heteroatoms. The molecule has 6 rings (SSSR count). The van der Waals surface area contributed by atoms with E-state index in [1.54, 1.807) is 29.2 Å². The Kier molecular flexibility index (Phi) is 18.4. The number of carbonyl (C=O) groups excluding carboxylic acids is 3. The second-order valence-electron chi connectivity index (χ2n) is 14.3. The number of nitrogens with zero attached hydrogens (tertiary/aromatic N) is 3. The molecule has 1 atom stereocenters. The molecule has 3 aliphatic rings. The molecular formula is C42H46K2N4O11. The van der Waals surface area contributed by atoms with Crippen molar-refractivity contribution in [3.05, 3.63) is 94.8 Å². The van der Waals surface area contributed by atoms with Crippen molar-refractivity contribution >= 4 is 40.5 Å². The van der Waals surface area contributed by atoms with Crippen molar-refractivity contribution in [3.63, 3.8) is 0 Å². The molecule has 3 aromatic carbocycles.